The highest BCUT2D eigenvalue weighted by Crippen LogP contribution is 2.24. The number of rotatable bonds is 4. The van der Waals surface area contributed by atoms with Crippen LogP contribution in [0.2, 0.25) is 0 Å². The highest BCUT2D eigenvalue weighted by Gasteiger charge is 2.27. The van der Waals surface area contributed by atoms with E-state index in [4.69, 9.17) is 4.74 Å². The van der Waals surface area contributed by atoms with E-state index in [1.54, 1.807) is 12.1 Å². The molecule has 0 aliphatic heterocycles. The Labute approximate surface area is 96.1 Å². The van der Waals surface area contributed by atoms with Gasteiger partial charge in [0, 0.05) is 0 Å². The number of aliphatic hydroxyl groups is 1. The molecule has 3 nitrogen and oxygen atoms in total. The summed E-state index contributed by atoms with van der Waals surface area (Å²) in [5.41, 5.74) is 0.113. The second kappa shape index (κ2) is 4.66. The number of carbonyl (C=O) groups excluding carboxylic acids is 1. The molecule has 0 aliphatic carbocycles. The summed E-state index contributed by atoms with van der Waals surface area (Å²) < 4.78 is 5.13. The van der Waals surface area contributed by atoms with Crippen molar-refractivity contribution in [2.75, 3.05) is 7.11 Å². The van der Waals surface area contributed by atoms with Crippen LogP contribution in [0.25, 0.3) is 0 Å². The Kier molecular flexibility index (Phi) is 3.70. The van der Waals surface area contributed by atoms with Crippen LogP contribution in [0.15, 0.2) is 18.2 Å². The quantitative estimate of drug-likeness (QED) is 0.794. The van der Waals surface area contributed by atoms with E-state index in [0.29, 0.717) is 11.3 Å². The number of methoxy groups -OCH3 is 1. The molecule has 0 bridgehead atoms. The van der Waals surface area contributed by atoms with Crippen LogP contribution < -0.4 is 4.74 Å². The molecular weight excluding hydrogens is 204 g/mol. The fourth-order valence-corrected chi connectivity index (χ4v) is 1.48. The van der Waals surface area contributed by atoms with E-state index in [2.05, 4.69) is 0 Å². The van der Waals surface area contributed by atoms with Gasteiger partial charge in [-0.1, -0.05) is 13.0 Å². The first-order valence-electron chi connectivity index (χ1n) is 5.34. The maximum atomic E-state index is 12.0. The van der Waals surface area contributed by atoms with Crippen molar-refractivity contribution in [2.24, 2.45) is 0 Å². The van der Waals surface area contributed by atoms with Gasteiger partial charge in [0.25, 0.3) is 0 Å². The molecule has 0 saturated carbocycles. The van der Waals surface area contributed by atoms with E-state index in [-0.39, 0.29) is 5.78 Å². The van der Waals surface area contributed by atoms with Crippen molar-refractivity contribution in [2.45, 2.75) is 32.8 Å². The molecule has 16 heavy (non-hydrogen) atoms. The second-order valence-corrected chi connectivity index (χ2v) is 4.28. The first kappa shape index (κ1) is 12.7. The van der Waals surface area contributed by atoms with Gasteiger partial charge in [0.1, 0.15) is 11.4 Å². The van der Waals surface area contributed by atoms with E-state index in [1.807, 2.05) is 13.0 Å². The zero-order valence-electron chi connectivity index (χ0n) is 10.2. The van der Waals surface area contributed by atoms with Crippen molar-refractivity contribution in [3.63, 3.8) is 0 Å². The predicted octanol–water partition coefficient (Wildman–Crippen LogP) is 2.21. The normalized spacial score (nSPS) is 11.3. The lowest BCUT2D eigenvalue weighted by Gasteiger charge is -2.18. The molecule has 88 valence electrons. The Morgan fingerprint density at radius 3 is 2.50 bits per heavy atom. The van der Waals surface area contributed by atoms with Crippen molar-refractivity contribution >= 4 is 5.78 Å². The van der Waals surface area contributed by atoms with Crippen LogP contribution >= 0.6 is 0 Å². The van der Waals surface area contributed by atoms with Gasteiger partial charge in [0.15, 0.2) is 5.78 Å². The maximum Gasteiger partial charge on any atom is 0.197 e. The minimum Gasteiger partial charge on any atom is -0.496 e. The average molecular weight is 222 g/mol. The molecular formula is C13H18O3. The lowest BCUT2D eigenvalue weighted by Crippen LogP contribution is -2.31. The zero-order valence-corrected chi connectivity index (χ0v) is 10.2. The first-order valence-corrected chi connectivity index (χ1v) is 5.34. The maximum absolute atomic E-state index is 12.0. The third-order valence-electron chi connectivity index (χ3n) is 2.47. The third-order valence-corrected chi connectivity index (χ3v) is 2.47. The number of benzene rings is 1. The predicted molar refractivity (Wildman–Crippen MR) is 63.0 cm³/mol. The molecule has 0 aromatic heterocycles. The number of carbonyl (C=O) groups is 1. The second-order valence-electron chi connectivity index (χ2n) is 4.28. The minimum atomic E-state index is -1.38. The number of Topliss-reactive ketones (excluding diaryl/α,β-unsaturated/α-hetero) is 1. The summed E-state index contributed by atoms with van der Waals surface area (Å²) >= 11 is 0. The van der Waals surface area contributed by atoms with Crippen molar-refractivity contribution in [1.82, 2.24) is 0 Å². The van der Waals surface area contributed by atoms with Gasteiger partial charge >= 0.3 is 0 Å². The van der Waals surface area contributed by atoms with E-state index < -0.39 is 5.60 Å². The highest BCUT2D eigenvalue weighted by atomic mass is 16.5. The largest absolute Gasteiger partial charge is 0.496 e. The Hall–Kier alpha value is -1.35. The third kappa shape index (κ3) is 2.61. The molecule has 0 atom stereocenters. The average Bonchev–Trinajstić information content (AvgIpc) is 2.25. The monoisotopic (exact) mass is 222 g/mol. The van der Waals surface area contributed by atoms with Crippen LogP contribution in [-0.4, -0.2) is 23.6 Å². The lowest BCUT2D eigenvalue weighted by atomic mass is 9.94. The van der Waals surface area contributed by atoms with Crippen LogP contribution in [0.3, 0.4) is 0 Å². The fraction of sp³-hybridized carbons (Fsp3) is 0.462. The van der Waals surface area contributed by atoms with Crippen molar-refractivity contribution in [3.8, 4) is 5.75 Å². The molecule has 1 rings (SSSR count). The number of hydrogen-bond donors (Lipinski definition) is 1. The van der Waals surface area contributed by atoms with E-state index in [1.165, 1.54) is 21.0 Å². The summed E-state index contributed by atoms with van der Waals surface area (Å²) in [4.78, 5) is 12.0. The van der Waals surface area contributed by atoms with E-state index >= 15 is 0 Å². The minimum absolute atomic E-state index is 0.320. The van der Waals surface area contributed by atoms with Gasteiger partial charge < -0.3 is 9.84 Å². The SMILES string of the molecule is CCc1ccc(OC)c(C(=O)C(C)(C)O)c1. The van der Waals surface area contributed by atoms with Crippen LogP contribution in [0.4, 0.5) is 0 Å². The van der Waals surface area contributed by atoms with Gasteiger partial charge in [-0.25, -0.2) is 0 Å². The molecule has 1 aromatic carbocycles. The summed E-state index contributed by atoms with van der Waals surface area (Å²) in [6.07, 6.45) is 0.843. The molecule has 3 heteroatoms. The van der Waals surface area contributed by atoms with Crippen molar-refractivity contribution < 1.29 is 14.6 Å². The molecule has 1 N–H and O–H groups in total. The van der Waals surface area contributed by atoms with Crippen LogP contribution in [0.1, 0.15) is 36.7 Å². The molecule has 0 fully saturated rings. The summed E-state index contributed by atoms with van der Waals surface area (Å²) in [5, 5.41) is 9.72. The van der Waals surface area contributed by atoms with Crippen molar-refractivity contribution in [3.05, 3.63) is 29.3 Å². The first-order chi connectivity index (χ1) is 7.40. The van der Waals surface area contributed by atoms with Crippen LogP contribution in [0.5, 0.6) is 5.75 Å². The molecule has 0 heterocycles. The van der Waals surface area contributed by atoms with Gasteiger partial charge in [-0.2, -0.15) is 0 Å². The summed E-state index contributed by atoms with van der Waals surface area (Å²) in [7, 11) is 1.52. The van der Waals surface area contributed by atoms with Gasteiger partial charge in [0.2, 0.25) is 0 Å². The smallest absolute Gasteiger partial charge is 0.197 e. The topological polar surface area (TPSA) is 46.5 Å². The molecule has 0 radical (unpaired) electrons. The van der Waals surface area contributed by atoms with E-state index in [9.17, 15) is 9.90 Å². The molecule has 0 unspecified atom stereocenters. The van der Waals surface area contributed by atoms with E-state index in [0.717, 1.165) is 12.0 Å². The summed E-state index contributed by atoms with van der Waals surface area (Å²) in [6, 6.07) is 5.46. The highest BCUT2D eigenvalue weighted by molar-refractivity contribution is 6.04. The molecule has 0 saturated heterocycles. The Bertz CT molecular complexity index is 389. The Morgan fingerprint density at radius 2 is 2.06 bits per heavy atom. The molecule has 0 spiro atoms. The van der Waals surface area contributed by atoms with Crippen molar-refractivity contribution in [1.29, 1.82) is 0 Å². The Balaban J connectivity index is 3.24. The number of ketones is 1. The number of ether oxygens (including phenoxy) is 1. The number of aryl methyl sites for hydroxylation is 1. The molecule has 1 aromatic rings. The van der Waals surface area contributed by atoms with Gasteiger partial charge in [0.05, 0.1) is 12.7 Å². The summed E-state index contributed by atoms with van der Waals surface area (Å²) in [5.74, 6) is 0.184. The Morgan fingerprint density at radius 1 is 1.44 bits per heavy atom. The molecule has 0 amide bonds. The zero-order chi connectivity index (χ0) is 12.3. The molecule has 0 aliphatic rings. The lowest BCUT2D eigenvalue weighted by molar-refractivity contribution is 0.0485. The fourth-order valence-electron chi connectivity index (χ4n) is 1.48. The summed E-state index contributed by atoms with van der Waals surface area (Å²) in [6.45, 7) is 4.97. The van der Waals surface area contributed by atoms with Gasteiger partial charge in [-0.3, -0.25) is 4.79 Å². The van der Waals surface area contributed by atoms with Gasteiger partial charge in [-0.15, -0.1) is 0 Å². The van der Waals surface area contributed by atoms with Crippen LogP contribution in [-0.2, 0) is 6.42 Å². The van der Waals surface area contributed by atoms with Gasteiger partial charge in [-0.05, 0) is 38.0 Å². The number of hydrogen-bond acceptors (Lipinski definition) is 3. The van der Waals surface area contributed by atoms with Crippen LogP contribution in [0, 0.1) is 0 Å². The standard InChI is InChI=1S/C13H18O3/c1-5-9-6-7-11(16-4)10(8-9)12(14)13(2,3)15/h6-8,15H,5H2,1-4H3.